The molecule has 0 saturated carbocycles. The number of carbonyl (C=O) groups excluding carboxylic acids is 2. The van der Waals surface area contributed by atoms with Gasteiger partial charge in [-0.3, -0.25) is 14.2 Å². The number of phosphoric ester groups is 1. The van der Waals surface area contributed by atoms with Gasteiger partial charge in [-0.25, -0.2) is 0 Å². The summed E-state index contributed by atoms with van der Waals surface area (Å²) in [7, 11) is 1.11. The first kappa shape index (κ1) is 64.7. The van der Waals surface area contributed by atoms with Crippen molar-refractivity contribution in [3.05, 3.63) is 109 Å². The summed E-state index contributed by atoms with van der Waals surface area (Å²) >= 11 is 0. The van der Waals surface area contributed by atoms with E-state index in [9.17, 15) is 19.0 Å². The summed E-state index contributed by atoms with van der Waals surface area (Å²) in [6.45, 7) is 4.03. The summed E-state index contributed by atoms with van der Waals surface area (Å²) < 4.78 is 34.0. The Morgan fingerprint density at radius 2 is 0.838 bits per heavy atom. The zero-order chi connectivity index (χ0) is 49.9. The van der Waals surface area contributed by atoms with Crippen LogP contribution in [-0.4, -0.2) is 70.0 Å². The summed E-state index contributed by atoms with van der Waals surface area (Å²) in [6, 6.07) is 0. The van der Waals surface area contributed by atoms with Crippen molar-refractivity contribution in [2.75, 3.05) is 47.5 Å². The van der Waals surface area contributed by atoms with Gasteiger partial charge >= 0.3 is 11.9 Å². The lowest BCUT2D eigenvalue weighted by molar-refractivity contribution is -0.870. The average molecular weight is 968 g/mol. The minimum Gasteiger partial charge on any atom is -0.756 e. The minimum atomic E-state index is -4.66. The van der Waals surface area contributed by atoms with Crippen LogP contribution in [0.25, 0.3) is 0 Å². The molecule has 0 aromatic carbocycles. The van der Waals surface area contributed by atoms with Crippen molar-refractivity contribution in [1.82, 2.24) is 0 Å². The number of rotatable bonds is 47. The van der Waals surface area contributed by atoms with Crippen molar-refractivity contribution in [3.63, 3.8) is 0 Å². The second-order valence-corrected chi connectivity index (χ2v) is 19.9. The predicted molar refractivity (Wildman–Crippen MR) is 286 cm³/mol. The number of quaternary nitrogens is 1. The first-order chi connectivity index (χ1) is 33.0. The molecule has 0 rings (SSSR count). The Morgan fingerprint density at radius 3 is 1.28 bits per heavy atom. The molecule has 0 spiro atoms. The normalized spacial score (nSPS) is 14.3. The van der Waals surface area contributed by atoms with E-state index >= 15 is 0 Å². The lowest BCUT2D eigenvalue weighted by atomic mass is 10.1. The van der Waals surface area contributed by atoms with Gasteiger partial charge in [0.05, 0.1) is 27.7 Å². The van der Waals surface area contributed by atoms with Crippen LogP contribution in [0.5, 0.6) is 0 Å². The molecular formula is C58H98NO8P. The Labute approximate surface area is 416 Å². The van der Waals surface area contributed by atoms with Gasteiger partial charge < -0.3 is 27.9 Å². The maximum atomic E-state index is 12.7. The molecule has 0 fully saturated rings. The van der Waals surface area contributed by atoms with Crippen LogP contribution < -0.4 is 4.89 Å². The standard InChI is InChI=1S/C58H98NO8P/c1-6-8-10-12-14-16-18-20-22-24-26-28-29-31-32-34-36-38-40-42-44-46-48-50-57(60)64-54-56(55-66-68(62,63)65-53-52-59(3,4)5)67-58(61)51-49-47-45-43-41-39-37-35-33-30-27-25-23-21-19-17-15-13-11-9-7-2/h9,11,15,17-18,20-21,23-24,26-27,29-31,35,37,41,43,56H,6-8,10,12-14,16,19,22,25,28,32-34,36,38-40,42,44-55H2,1-5H3/b11-9-,17-15-,20-18-,23-21-,26-24-,30-27-,31-29-,37-35-,43-41-. The largest absolute Gasteiger partial charge is 0.756 e. The van der Waals surface area contributed by atoms with Crippen LogP contribution in [0.2, 0.25) is 0 Å². The number of likely N-dealkylation sites (N-methyl/N-ethyl adjacent to an activating group) is 1. The van der Waals surface area contributed by atoms with E-state index in [1.807, 2.05) is 21.1 Å². The molecule has 68 heavy (non-hydrogen) atoms. The van der Waals surface area contributed by atoms with E-state index in [-0.39, 0.29) is 26.1 Å². The molecule has 0 heterocycles. The molecule has 388 valence electrons. The number of carbonyl (C=O) groups is 2. The average Bonchev–Trinajstić information content (AvgIpc) is 3.30. The van der Waals surface area contributed by atoms with Crippen LogP contribution in [0.4, 0.5) is 0 Å². The van der Waals surface area contributed by atoms with E-state index in [4.69, 9.17) is 18.5 Å². The molecule has 0 aromatic heterocycles. The van der Waals surface area contributed by atoms with E-state index in [0.717, 1.165) is 89.9 Å². The molecule has 0 amide bonds. The summed E-state index contributed by atoms with van der Waals surface area (Å²) in [5, 5.41) is 0. The van der Waals surface area contributed by atoms with Crippen LogP contribution in [0.15, 0.2) is 109 Å². The number of allylic oxidation sites excluding steroid dienone is 18. The number of unbranched alkanes of at least 4 members (excludes halogenated alkanes) is 15. The monoisotopic (exact) mass is 968 g/mol. The van der Waals surface area contributed by atoms with Crippen LogP contribution >= 0.6 is 7.82 Å². The lowest BCUT2D eigenvalue weighted by Gasteiger charge is -2.28. The lowest BCUT2D eigenvalue weighted by Crippen LogP contribution is -2.37. The number of phosphoric acid groups is 1. The highest BCUT2D eigenvalue weighted by atomic mass is 31.2. The quantitative estimate of drug-likeness (QED) is 0.0195. The summed E-state index contributed by atoms with van der Waals surface area (Å²) in [6.07, 6.45) is 66.9. The summed E-state index contributed by atoms with van der Waals surface area (Å²) in [5.74, 6) is -0.901. The highest BCUT2D eigenvalue weighted by molar-refractivity contribution is 7.45. The van der Waals surface area contributed by atoms with E-state index in [2.05, 4.69) is 123 Å². The Balaban J connectivity index is 4.36. The van der Waals surface area contributed by atoms with Gasteiger partial charge in [0.25, 0.3) is 7.82 Å². The van der Waals surface area contributed by atoms with Crippen LogP contribution in [0.3, 0.4) is 0 Å². The van der Waals surface area contributed by atoms with Gasteiger partial charge in [-0.1, -0.05) is 187 Å². The third-order valence-electron chi connectivity index (χ3n) is 10.8. The highest BCUT2D eigenvalue weighted by Crippen LogP contribution is 2.38. The fourth-order valence-corrected chi connectivity index (χ4v) is 7.39. The van der Waals surface area contributed by atoms with Gasteiger partial charge in [0.2, 0.25) is 0 Å². The van der Waals surface area contributed by atoms with Crippen molar-refractivity contribution in [2.45, 2.75) is 200 Å². The Hall–Kier alpha value is -3.33. The van der Waals surface area contributed by atoms with Gasteiger partial charge in [-0.2, -0.15) is 0 Å². The molecule has 0 aliphatic rings. The fourth-order valence-electron chi connectivity index (χ4n) is 6.66. The van der Waals surface area contributed by atoms with Crippen molar-refractivity contribution in [2.24, 2.45) is 0 Å². The van der Waals surface area contributed by atoms with Crippen molar-refractivity contribution >= 4 is 19.8 Å². The third kappa shape index (κ3) is 52.0. The van der Waals surface area contributed by atoms with Crippen LogP contribution in [-0.2, 0) is 32.7 Å². The molecule has 0 aromatic rings. The second kappa shape index (κ2) is 48.7. The summed E-state index contributed by atoms with van der Waals surface area (Å²) in [4.78, 5) is 37.8. The molecule has 0 N–H and O–H groups in total. The maximum Gasteiger partial charge on any atom is 0.306 e. The number of hydrogen-bond donors (Lipinski definition) is 0. The Kier molecular flexibility index (Phi) is 46.3. The van der Waals surface area contributed by atoms with Crippen molar-refractivity contribution in [1.29, 1.82) is 0 Å². The first-order valence-corrected chi connectivity index (χ1v) is 28.1. The van der Waals surface area contributed by atoms with Crippen molar-refractivity contribution < 1.29 is 42.1 Å². The van der Waals surface area contributed by atoms with Crippen LogP contribution in [0, 0.1) is 0 Å². The van der Waals surface area contributed by atoms with Gasteiger partial charge in [-0.05, 0) is 103 Å². The topological polar surface area (TPSA) is 111 Å². The fraction of sp³-hybridized carbons (Fsp3) is 0.655. The molecule has 10 heteroatoms. The molecule has 2 atom stereocenters. The number of hydrogen-bond acceptors (Lipinski definition) is 8. The molecule has 0 radical (unpaired) electrons. The molecule has 0 bridgehead atoms. The molecule has 0 aliphatic carbocycles. The van der Waals surface area contributed by atoms with Crippen LogP contribution in [0.1, 0.15) is 194 Å². The molecule has 0 aliphatic heterocycles. The number of nitrogens with zero attached hydrogens (tertiary/aromatic N) is 1. The molecule has 0 saturated heterocycles. The van der Waals surface area contributed by atoms with Gasteiger partial charge in [-0.15, -0.1) is 0 Å². The van der Waals surface area contributed by atoms with E-state index in [0.29, 0.717) is 23.9 Å². The zero-order valence-electron chi connectivity index (χ0n) is 43.8. The highest BCUT2D eigenvalue weighted by Gasteiger charge is 2.21. The summed E-state index contributed by atoms with van der Waals surface area (Å²) in [5.41, 5.74) is 0. The van der Waals surface area contributed by atoms with E-state index in [1.54, 1.807) is 0 Å². The zero-order valence-corrected chi connectivity index (χ0v) is 44.7. The van der Waals surface area contributed by atoms with E-state index in [1.165, 1.54) is 64.2 Å². The Morgan fingerprint density at radius 1 is 0.471 bits per heavy atom. The number of esters is 2. The SMILES string of the molecule is CC/C=C\C/C=C\C/C=C\C/C=C\C/C=C\C/C=C\CCCCC(=O)OC(COC(=O)CCCCCCCCCC/C=C\C/C=C\C/C=C\CCCCCCC)COP(=O)([O-])OCC[N+](C)(C)C. The third-order valence-corrected chi connectivity index (χ3v) is 11.7. The van der Waals surface area contributed by atoms with Gasteiger partial charge in [0.15, 0.2) is 6.10 Å². The molecule has 2 unspecified atom stereocenters. The molecular weight excluding hydrogens is 870 g/mol. The molecule has 9 nitrogen and oxygen atoms in total. The smallest absolute Gasteiger partial charge is 0.306 e. The van der Waals surface area contributed by atoms with Gasteiger partial charge in [0, 0.05) is 12.8 Å². The van der Waals surface area contributed by atoms with E-state index < -0.39 is 32.5 Å². The predicted octanol–water partition coefficient (Wildman–Crippen LogP) is 15.6. The first-order valence-electron chi connectivity index (χ1n) is 26.6. The maximum absolute atomic E-state index is 12.7. The number of ether oxygens (including phenoxy) is 2. The minimum absolute atomic E-state index is 0.0472. The van der Waals surface area contributed by atoms with Gasteiger partial charge in [0.1, 0.15) is 19.8 Å². The van der Waals surface area contributed by atoms with Crippen molar-refractivity contribution in [3.8, 4) is 0 Å². The Bertz CT molecular complexity index is 1520. The second-order valence-electron chi connectivity index (χ2n) is 18.5.